The minimum Gasteiger partial charge on any atom is -0.344 e. The van der Waals surface area contributed by atoms with Gasteiger partial charge in [-0.1, -0.05) is 22.3 Å². The molecule has 0 spiro atoms. The maximum atomic E-state index is 0. The van der Waals surface area contributed by atoms with E-state index < -0.39 is 0 Å². The Bertz CT molecular complexity index is 19.8. The smallest absolute Gasteiger partial charge is 0 e. The third-order valence-corrected chi connectivity index (χ3v) is 0. The Labute approximate surface area is 79.9 Å². The maximum absolute atomic E-state index is 0. The van der Waals surface area contributed by atoms with E-state index in [0.717, 1.165) is 0 Å². The average molecular weight is 269 g/mol. The molecule has 0 aromatic heterocycles. The molecule has 0 saturated heterocycles. The average Bonchev–Trinajstić information content (AvgIpc) is 0. The number of hydrogen-bond donors (Lipinski definition) is 2. The Morgan fingerprint density at radius 2 is 0.714 bits per heavy atom. The molecule has 57 valence electrons. The van der Waals surface area contributed by atoms with Crippen molar-refractivity contribution in [2.75, 3.05) is 0 Å². The van der Waals surface area contributed by atoms with E-state index in [4.69, 9.17) is 0 Å². The zero-order valence-electron chi connectivity index (χ0n) is 2.27. The number of hydrogen-bond acceptors (Lipinski definition) is 2. The Morgan fingerprint density at radius 1 is 0.714 bits per heavy atom. The fourth-order valence-electron chi connectivity index (χ4n) is 0. The van der Waals surface area contributed by atoms with Crippen molar-refractivity contribution in [1.82, 2.24) is 12.3 Å². The SMILES string of the molecule is C.C.C.I.N.N.[3HH].[3HH].[V]. The van der Waals surface area contributed by atoms with E-state index in [-0.39, 0.29) is 80.0 Å². The van der Waals surface area contributed by atoms with Crippen molar-refractivity contribution < 1.29 is 21.4 Å². The monoisotopic (exact) mass is 269 g/mol. The Kier molecular flexibility index (Phi) is 7460. The maximum Gasteiger partial charge on any atom is 0 e. The van der Waals surface area contributed by atoms with Gasteiger partial charge in [-0.15, -0.1) is 24.0 Å². The van der Waals surface area contributed by atoms with Gasteiger partial charge in [-0.3, -0.25) is 0 Å². The van der Waals surface area contributed by atoms with E-state index in [1.807, 2.05) is 0 Å². The standard InChI is InChI=1S/3CH4.HI.2H3N.V.2H2/h3*1H4;1H;2*1H3;;2*1H/i;;;;;;;2*1+2. The van der Waals surface area contributed by atoms with E-state index >= 15 is 0 Å². The number of halogens is 1. The van der Waals surface area contributed by atoms with Gasteiger partial charge in [0.2, 0.25) is 0 Å². The molecule has 2 nitrogen and oxygen atoms in total. The Hall–Kier alpha value is 1.23. The van der Waals surface area contributed by atoms with Crippen molar-refractivity contribution in [2.24, 2.45) is 0 Å². The normalized spacial score (nSPS) is 0. The van der Waals surface area contributed by atoms with Gasteiger partial charge < -0.3 is 12.3 Å². The van der Waals surface area contributed by atoms with Crippen LogP contribution in [0.5, 0.6) is 0 Å². The first-order chi connectivity index (χ1) is 0. The van der Waals surface area contributed by atoms with Crippen LogP contribution in [0.25, 0.3) is 0 Å². The summed E-state index contributed by atoms with van der Waals surface area (Å²) in [6.07, 6.45) is 0. The van der Waals surface area contributed by atoms with Gasteiger partial charge in [0, 0.05) is 21.4 Å². The van der Waals surface area contributed by atoms with E-state index in [1.165, 1.54) is 0 Å². The predicted molar refractivity (Wildman–Crippen MR) is 49.9 cm³/mol. The van der Waals surface area contributed by atoms with Crippen LogP contribution in [0, 0.1) is 0 Å². The van der Waals surface area contributed by atoms with E-state index in [9.17, 15) is 0 Å². The molecule has 0 unspecified atom stereocenters. The summed E-state index contributed by atoms with van der Waals surface area (Å²) in [5.41, 5.74) is 0. The molecule has 1 radical (unpaired) electrons. The van der Waals surface area contributed by atoms with Crippen LogP contribution in [0.1, 0.15) is 25.1 Å². The molecule has 0 aromatic carbocycles. The topological polar surface area (TPSA) is 70.0 Å². The van der Waals surface area contributed by atoms with Gasteiger partial charge >= 0.3 is 0 Å². The van der Waals surface area contributed by atoms with Crippen molar-refractivity contribution in [3.05, 3.63) is 0 Å². The zero-order valence-corrected chi connectivity index (χ0v) is 6.00. The Morgan fingerprint density at radius 3 is 0.714 bits per heavy atom. The molecule has 6 N–H and O–H groups in total. The minimum atomic E-state index is 0. The van der Waals surface area contributed by atoms with Crippen LogP contribution in [-0.4, -0.2) is 0 Å². The Balaban J connectivity index is 0. The van der Waals surface area contributed by atoms with Crippen molar-refractivity contribution in [3.63, 3.8) is 0 Å². The second-order valence-electron chi connectivity index (χ2n) is 0. The first-order valence-electron chi connectivity index (χ1n) is 0. The molecule has 0 aliphatic heterocycles. The first-order valence-corrected chi connectivity index (χ1v) is 0. The minimum absolute atomic E-state index is 0. The summed E-state index contributed by atoms with van der Waals surface area (Å²) in [7, 11) is 0. The van der Waals surface area contributed by atoms with Crippen LogP contribution >= 0.6 is 24.0 Å². The summed E-state index contributed by atoms with van der Waals surface area (Å²) in [4.78, 5) is 0. The van der Waals surface area contributed by atoms with Crippen LogP contribution < -0.4 is 12.3 Å². The summed E-state index contributed by atoms with van der Waals surface area (Å²) in [6, 6.07) is 0. The van der Waals surface area contributed by atoms with Crippen molar-refractivity contribution in [2.45, 2.75) is 22.3 Å². The van der Waals surface area contributed by atoms with Crippen LogP contribution in [0.2, 0.25) is 0 Å². The van der Waals surface area contributed by atoms with E-state index in [0.29, 0.717) is 0 Å². The molecule has 0 aromatic rings. The molecule has 4 heteroatoms. The van der Waals surface area contributed by atoms with Crippen LogP contribution in [0.3, 0.4) is 0 Å². The van der Waals surface area contributed by atoms with Gasteiger partial charge in [-0.25, -0.2) is 0 Å². The summed E-state index contributed by atoms with van der Waals surface area (Å²) in [6.45, 7) is 0. The molecule has 0 amide bonds. The predicted octanol–water partition coefficient (Wildman–Crippen LogP) is 3.34. The van der Waals surface area contributed by atoms with Gasteiger partial charge in [0.25, 0.3) is 0 Å². The van der Waals surface area contributed by atoms with Gasteiger partial charge in [-0.05, 0) is 0 Å². The van der Waals surface area contributed by atoms with Gasteiger partial charge in [0.1, 0.15) is 0 Å². The molecule has 0 aliphatic rings. The second kappa shape index (κ2) is 185. The quantitative estimate of drug-likeness (QED) is 0.662. The molecular formula is C3H23IN2V. The van der Waals surface area contributed by atoms with Crippen molar-refractivity contribution >= 4 is 24.0 Å². The fraction of sp³-hybridized carbons (Fsp3) is 1.00. The largest absolute Gasteiger partial charge is 0.344 e. The molecular weight excluding hydrogens is 242 g/mol. The second-order valence-corrected chi connectivity index (χ2v) is 0. The summed E-state index contributed by atoms with van der Waals surface area (Å²) >= 11 is 0. The molecule has 0 bridgehead atoms. The molecule has 0 fully saturated rings. The van der Waals surface area contributed by atoms with E-state index in [2.05, 4.69) is 0 Å². The van der Waals surface area contributed by atoms with E-state index in [1.54, 1.807) is 0 Å². The zero-order chi connectivity index (χ0) is 0. The van der Waals surface area contributed by atoms with Gasteiger partial charge in [-0.2, -0.15) is 0 Å². The van der Waals surface area contributed by atoms with Crippen LogP contribution in [0.15, 0.2) is 0 Å². The molecule has 0 saturated carbocycles. The molecule has 0 heterocycles. The van der Waals surface area contributed by atoms with Gasteiger partial charge in [0.05, 0.1) is 0 Å². The van der Waals surface area contributed by atoms with Crippen LogP contribution in [-0.2, 0) is 18.6 Å². The third-order valence-electron chi connectivity index (χ3n) is 0. The number of rotatable bonds is 0. The molecule has 7 heavy (non-hydrogen) atoms. The summed E-state index contributed by atoms with van der Waals surface area (Å²) in [5, 5.41) is 0. The summed E-state index contributed by atoms with van der Waals surface area (Å²) < 4.78 is 0. The molecule has 0 atom stereocenters. The van der Waals surface area contributed by atoms with Gasteiger partial charge in [0.15, 0.2) is 0 Å². The molecule has 0 aliphatic carbocycles. The summed E-state index contributed by atoms with van der Waals surface area (Å²) in [5.74, 6) is 0. The van der Waals surface area contributed by atoms with Crippen molar-refractivity contribution in [1.29, 1.82) is 0 Å². The first kappa shape index (κ1) is 283. The third kappa shape index (κ3) is 130. The fourth-order valence-corrected chi connectivity index (χ4v) is 0. The molecule has 0 rings (SSSR count). The van der Waals surface area contributed by atoms with Crippen LogP contribution in [0.4, 0.5) is 0 Å². The van der Waals surface area contributed by atoms with Crippen molar-refractivity contribution in [3.8, 4) is 0 Å².